The zero-order chi connectivity index (χ0) is 23.0. The van der Waals surface area contributed by atoms with Crippen LogP contribution in [0.15, 0.2) is 48.8 Å². The van der Waals surface area contributed by atoms with Gasteiger partial charge in [-0.1, -0.05) is 29.3 Å². The van der Waals surface area contributed by atoms with E-state index in [1.54, 1.807) is 18.2 Å². The topological polar surface area (TPSA) is 98.3 Å². The number of nitrogens with zero attached hydrogens (tertiary/aromatic N) is 3. The first kappa shape index (κ1) is 23.2. The van der Waals surface area contributed by atoms with Crippen molar-refractivity contribution in [2.45, 2.75) is 12.8 Å². The van der Waals surface area contributed by atoms with Gasteiger partial charge in [0.2, 0.25) is 5.88 Å². The summed E-state index contributed by atoms with van der Waals surface area (Å²) in [6, 6.07) is 10.6. The van der Waals surface area contributed by atoms with Gasteiger partial charge in [-0.15, -0.1) is 0 Å². The Hall–Kier alpha value is -2.94. The molecule has 0 spiro atoms. The monoisotopic (exact) mass is 487 g/mol. The van der Waals surface area contributed by atoms with Gasteiger partial charge in [-0.3, -0.25) is 4.79 Å². The molecule has 3 aromatic heterocycles. The summed E-state index contributed by atoms with van der Waals surface area (Å²) < 4.78 is 10.8. The van der Waals surface area contributed by atoms with Crippen LogP contribution in [0.3, 0.4) is 0 Å². The Morgan fingerprint density at radius 1 is 1.09 bits per heavy atom. The van der Waals surface area contributed by atoms with Crippen molar-refractivity contribution in [1.29, 1.82) is 0 Å². The van der Waals surface area contributed by atoms with Gasteiger partial charge in [0.1, 0.15) is 11.6 Å². The van der Waals surface area contributed by atoms with E-state index in [1.807, 2.05) is 18.2 Å². The van der Waals surface area contributed by atoms with Gasteiger partial charge in [0, 0.05) is 43.8 Å². The number of aromatic nitrogens is 3. The lowest BCUT2D eigenvalue weighted by atomic mass is 10.0. The highest BCUT2D eigenvalue weighted by atomic mass is 35.5. The number of hydrogen-bond donors (Lipinski definition) is 2. The Kier molecular flexibility index (Phi) is 7.93. The highest BCUT2D eigenvalue weighted by Crippen LogP contribution is 2.29. The molecule has 4 rings (SSSR count). The first-order valence-corrected chi connectivity index (χ1v) is 11.3. The second-order valence-electron chi connectivity index (χ2n) is 7.55. The molecule has 10 heteroatoms. The molecule has 8 nitrogen and oxygen atoms in total. The van der Waals surface area contributed by atoms with E-state index in [-0.39, 0.29) is 12.5 Å². The molecule has 33 heavy (non-hydrogen) atoms. The number of hydrogen-bond acceptors (Lipinski definition) is 7. The SMILES string of the molecule is O=C(COc1ccc(Cl)cn1)Nc1cc(-c2cccc(NCC3CCOCC3)n2)c(Cl)cn1. The van der Waals surface area contributed by atoms with Crippen LogP contribution in [0, 0.1) is 5.92 Å². The first-order valence-electron chi connectivity index (χ1n) is 10.6. The van der Waals surface area contributed by atoms with Gasteiger partial charge in [-0.05, 0) is 43.0 Å². The highest BCUT2D eigenvalue weighted by Gasteiger charge is 2.14. The molecule has 0 aromatic carbocycles. The summed E-state index contributed by atoms with van der Waals surface area (Å²) in [6.45, 7) is 2.23. The largest absolute Gasteiger partial charge is 0.468 e. The molecule has 2 N–H and O–H groups in total. The van der Waals surface area contributed by atoms with Gasteiger partial charge in [0.05, 0.1) is 15.7 Å². The molecule has 0 saturated carbocycles. The number of nitrogens with one attached hydrogen (secondary N) is 2. The Balaban J connectivity index is 1.39. The van der Waals surface area contributed by atoms with Gasteiger partial charge in [0.15, 0.2) is 6.61 Å². The van der Waals surface area contributed by atoms with Crippen molar-refractivity contribution < 1.29 is 14.3 Å². The predicted octanol–water partition coefficient (Wildman–Crippen LogP) is 4.70. The summed E-state index contributed by atoms with van der Waals surface area (Å²) in [7, 11) is 0. The van der Waals surface area contributed by atoms with E-state index in [4.69, 9.17) is 32.7 Å². The van der Waals surface area contributed by atoms with Crippen LogP contribution in [-0.4, -0.2) is 47.2 Å². The van der Waals surface area contributed by atoms with Gasteiger partial charge in [-0.25, -0.2) is 15.0 Å². The lowest BCUT2D eigenvalue weighted by Gasteiger charge is -2.22. The summed E-state index contributed by atoms with van der Waals surface area (Å²) in [5, 5.41) is 7.02. The number of rotatable bonds is 8. The fraction of sp³-hybridized carbons (Fsp3) is 0.304. The van der Waals surface area contributed by atoms with Crippen LogP contribution in [0.25, 0.3) is 11.3 Å². The van der Waals surface area contributed by atoms with Crippen molar-refractivity contribution in [3.63, 3.8) is 0 Å². The zero-order valence-corrected chi connectivity index (χ0v) is 19.3. The third-order valence-corrected chi connectivity index (χ3v) is 5.64. The maximum Gasteiger partial charge on any atom is 0.263 e. The maximum absolute atomic E-state index is 12.3. The summed E-state index contributed by atoms with van der Waals surface area (Å²) >= 11 is 12.2. The second kappa shape index (κ2) is 11.3. The Labute approximate surface area is 201 Å². The van der Waals surface area contributed by atoms with Crippen LogP contribution >= 0.6 is 23.2 Å². The van der Waals surface area contributed by atoms with E-state index < -0.39 is 0 Å². The molecule has 0 atom stereocenters. The van der Waals surface area contributed by atoms with E-state index in [2.05, 4.69) is 25.6 Å². The molecule has 0 radical (unpaired) electrons. The molecule has 1 fully saturated rings. The molecule has 0 unspecified atom stereocenters. The molecular formula is C23H23Cl2N5O3. The van der Waals surface area contributed by atoms with E-state index in [9.17, 15) is 4.79 Å². The van der Waals surface area contributed by atoms with Crippen molar-refractivity contribution in [2.24, 2.45) is 5.92 Å². The van der Waals surface area contributed by atoms with Crippen LogP contribution in [0.2, 0.25) is 10.0 Å². The van der Waals surface area contributed by atoms with Gasteiger partial charge >= 0.3 is 0 Å². The van der Waals surface area contributed by atoms with Gasteiger partial charge < -0.3 is 20.1 Å². The van der Waals surface area contributed by atoms with Crippen molar-refractivity contribution in [2.75, 3.05) is 37.0 Å². The number of anilines is 2. The van der Waals surface area contributed by atoms with Crippen molar-refractivity contribution >= 4 is 40.7 Å². The lowest BCUT2D eigenvalue weighted by molar-refractivity contribution is -0.118. The van der Waals surface area contributed by atoms with E-state index in [0.717, 1.165) is 38.4 Å². The Bertz CT molecular complexity index is 1090. The number of halogens is 2. The fourth-order valence-electron chi connectivity index (χ4n) is 3.35. The number of amides is 1. The molecule has 3 aromatic rings. The predicted molar refractivity (Wildman–Crippen MR) is 128 cm³/mol. The molecule has 4 heterocycles. The maximum atomic E-state index is 12.3. The number of pyridine rings is 3. The lowest BCUT2D eigenvalue weighted by Crippen LogP contribution is -2.22. The summed E-state index contributed by atoms with van der Waals surface area (Å²) in [5.41, 5.74) is 1.34. The molecule has 172 valence electrons. The Morgan fingerprint density at radius 2 is 1.94 bits per heavy atom. The molecule has 0 aliphatic carbocycles. The quantitative estimate of drug-likeness (QED) is 0.474. The minimum atomic E-state index is -0.382. The minimum absolute atomic E-state index is 0.224. The van der Waals surface area contributed by atoms with Crippen LogP contribution in [0.4, 0.5) is 11.6 Å². The highest BCUT2D eigenvalue weighted by molar-refractivity contribution is 6.33. The average molecular weight is 488 g/mol. The normalized spacial score (nSPS) is 14.0. The molecule has 1 aliphatic rings. The third-order valence-electron chi connectivity index (χ3n) is 5.11. The van der Waals surface area contributed by atoms with Crippen LogP contribution < -0.4 is 15.4 Å². The molecule has 1 aliphatic heterocycles. The Morgan fingerprint density at radius 3 is 2.73 bits per heavy atom. The summed E-state index contributed by atoms with van der Waals surface area (Å²) in [5.74, 6) is 1.59. The van der Waals surface area contributed by atoms with Gasteiger partial charge in [0.25, 0.3) is 5.91 Å². The van der Waals surface area contributed by atoms with Crippen LogP contribution in [0.5, 0.6) is 5.88 Å². The van der Waals surface area contributed by atoms with Crippen LogP contribution in [-0.2, 0) is 9.53 Å². The van der Waals surface area contributed by atoms with E-state index >= 15 is 0 Å². The van der Waals surface area contributed by atoms with Crippen molar-refractivity contribution in [3.05, 3.63) is 58.8 Å². The van der Waals surface area contributed by atoms with E-state index in [1.165, 1.54) is 12.4 Å². The molecule has 1 amide bonds. The molecule has 1 saturated heterocycles. The third kappa shape index (κ3) is 6.77. The standard InChI is InChI=1S/C23H23Cl2N5O3/c24-16-4-5-23(28-12-16)33-14-22(31)30-21-10-17(18(25)13-27-21)19-2-1-3-20(29-19)26-11-15-6-8-32-9-7-15/h1-5,10,12-13,15H,6-9,11,14H2,(H,26,29)(H,27,30,31). The summed E-state index contributed by atoms with van der Waals surface area (Å²) in [4.78, 5) is 25.1. The molecular weight excluding hydrogens is 465 g/mol. The van der Waals surface area contributed by atoms with E-state index in [0.29, 0.717) is 38.9 Å². The summed E-state index contributed by atoms with van der Waals surface area (Å²) in [6.07, 6.45) is 5.02. The second-order valence-corrected chi connectivity index (χ2v) is 8.39. The van der Waals surface area contributed by atoms with Crippen molar-refractivity contribution in [1.82, 2.24) is 15.0 Å². The number of carbonyl (C=O) groups excluding carboxylic acids is 1. The zero-order valence-electron chi connectivity index (χ0n) is 17.8. The minimum Gasteiger partial charge on any atom is -0.468 e. The van der Waals surface area contributed by atoms with Gasteiger partial charge in [-0.2, -0.15) is 0 Å². The molecule has 0 bridgehead atoms. The fourth-order valence-corrected chi connectivity index (χ4v) is 3.66. The smallest absolute Gasteiger partial charge is 0.263 e. The first-order chi connectivity index (χ1) is 16.1. The average Bonchev–Trinajstić information content (AvgIpc) is 2.84. The number of carbonyl (C=O) groups is 1. The number of ether oxygens (including phenoxy) is 2. The van der Waals surface area contributed by atoms with Crippen molar-refractivity contribution in [3.8, 4) is 17.1 Å². The van der Waals surface area contributed by atoms with Crippen LogP contribution in [0.1, 0.15) is 12.8 Å².